The number of carbonyl (C=O) groups is 1. The van der Waals surface area contributed by atoms with Crippen molar-refractivity contribution in [3.05, 3.63) is 104 Å². The second kappa shape index (κ2) is 11.0. The maximum Gasteiger partial charge on any atom is 0.330 e. The van der Waals surface area contributed by atoms with Crippen molar-refractivity contribution < 1.29 is 9.53 Å². The first-order chi connectivity index (χ1) is 12.8. The van der Waals surface area contributed by atoms with E-state index >= 15 is 0 Å². The molecule has 0 N–H and O–H groups in total. The number of carbonyl (C=O) groups excluding carboxylic acids is 1. The van der Waals surface area contributed by atoms with Crippen molar-refractivity contribution in [1.82, 2.24) is 0 Å². The molecule has 0 saturated carbocycles. The molecule has 0 heterocycles. The molecule has 0 aliphatic heterocycles. The fourth-order valence-corrected chi connectivity index (χ4v) is 5.09. The molecule has 26 heavy (non-hydrogen) atoms. The van der Waals surface area contributed by atoms with E-state index in [1.165, 1.54) is 15.9 Å². The Labute approximate surface area is 156 Å². The molecule has 3 rings (SSSR count). The van der Waals surface area contributed by atoms with Crippen LogP contribution in [-0.4, -0.2) is 12.6 Å². The maximum atomic E-state index is 10.1. The summed E-state index contributed by atoms with van der Waals surface area (Å²) in [7, 11) is -0.877. The normalized spacial score (nSPS) is 9.77. The fraction of sp³-hybridized carbons (Fsp3) is 0.0870. The van der Waals surface area contributed by atoms with Crippen molar-refractivity contribution in [2.75, 3.05) is 6.61 Å². The molecule has 132 valence electrons. The van der Waals surface area contributed by atoms with E-state index in [4.69, 9.17) is 0 Å². The van der Waals surface area contributed by atoms with Crippen LogP contribution in [0.4, 0.5) is 0 Å². The van der Waals surface area contributed by atoms with Crippen molar-refractivity contribution in [2.45, 2.75) is 6.92 Å². The SMILES string of the molecule is C=CC(=O)OCC.c1ccc([PH+](c2ccccc2)c2ccccc2)cc1. The fourth-order valence-electron chi connectivity index (χ4n) is 2.52. The minimum atomic E-state index is -0.877. The summed E-state index contributed by atoms with van der Waals surface area (Å²) < 4.78 is 4.43. The average molecular weight is 363 g/mol. The summed E-state index contributed by atoms with van der Waals surface area (Å²) in [6, 6.07) is 32.5. The van der Waals surface area contributed by atoms with Gasteiger partial charge in [0.1, 0.15) is 15.9 Å². The molecular weight excluding hydrogens is 339 g/mol. The first kappa shape index (κ1) is 19.6. The number of benzene rings is 3. The molecule has 0 bridgehead atoms. The van der Waals surface area contributed by atoms with Gasteiger partial charge in [-0.2, -0.15) is 0 Å². The Morgan fingerprint density at radius 1 is 0.808 bits per heavy atom. The van der Waals surface area contributed by atoms with Crippen molar-refractivity contribution in [2.24, 2.45) is 0 Å². The lowest BCUT2D eigenvalue weighted by Gasteiger charge is -2.10. The molecule has 0 fully saturated rings. The highest BCUT2D eigenvalue weighted by molar-refractivity contribution is 7.79. The molecule has 0 atom stereocenters. The molecule has 3 aromatic carbocycles. The lowest BCUT2D eigenvalue weighted by atomic mass is 10.4. The van der Waals surface area contributed by atoms with E-state index in [1.807, 2.05) is 0 Å². The van der Waals surface area contributed by atoms with Gasteiger partial charge >= 0.3 is 5.97 Å². The summed E-state index contributed by atoms with van der Waals surface area (Å²) >= 11 is 0. The third-order valence-corrected chi connectivity index (χ3v) is 6.37. The lowest BCUT2D eigenvalue weighted by Crippen LogP contribution is -2.20. The van der Waals surface area contributed by atoms with Crippen LogP contribution in [0.5, 0.6) is 0 Å². The Kier molecular flexibility index (Phi) is 8.32. The monoisotopic (exact) mass is 363 g/mol. The van der Waals surface area contributed by atoms with E-state index in [0.29, 0.717) is 6.61 Å². The molecule has 0 unspecified atom stereocenters. The zero-order valence-corrected chi connectivity index (χ0v) is 16.0. The minimum absolute atomic E-state index is 0.359. The zero-order chi connectivity index (χ0) is 18.6. The predicted molar refractivity (Wildman–Crippen MR) is 113 cm³/mol. The zero-order valence-electron chi connectivity index (χ0n) is 15.0. The molecular formula is C23H24O2P+. The molecule has 3 heteroatoms. The number of ether oxygens (including phenoxy) is 1. The van der Waals surface area contributed by atoms with Gasteiger partial charge in [0.15, 0.2) is 0 Å². The largest absolute Gasteiger partial charge is 0.463 e. The third kappa shape index (κ3) is 5.98. The van der Waals surface area contributed by atoms with Crippen molar-refractivity contribution in [3.8, 4) is 0 Å². The molecule has 0 aromatic heterocycles. The second-order valence-electron chi connectivity index (χ2n) is 5.43. The highest BCUT2D eigenvalue weighted by Crippen LogP contribution is 2.32. The molecule has 0 spiro atoms. The van der Waals surface area contributed by atoms with Gasteiger partial charge in [-0.1, -0.05) is 61.2 Å². The van der Waals surface area contributed by atoms with E-state index in [9.17, 15) is 4.79 Å². The Hall–Kier alpha value is -2.70. The summed E-state index contributed by atoms with van der Waals surface area (Å²) in [5.41, 5.74) is 0. The van der Waals surface area contributed by atoms with Crippen LogP contribution >= 0.6 is 7.92 Å². The molecule has 0 radical (unpaired) electrons. The molecule has 0 amide bonds. The Morgan fingerprint density at radius 2 is 1.15 bits per heavy atom. The highest BCUT2D eigenvalue weighted by atomic mass is 31.1. The lowest BCUT2D eigenvalue weighted by molar-refractivity contribution is -0.137. The van der Waals surface area contributed by atoms with Gasteiger partial charge in [-0.3, -0.25) is 0 Å². The van der Waals surface area contributed by atoms with Gasteiger partial charge in [-0.05, 0) is 43.3 Å². The van der Waals surface area contributed by atoms with E-state index in [1.54, 1.807) is 6.92 Å². The average Bonchev–Trinajstić information content (AvgIpc) is 2.71. The minimum Gasteiger partial charge on any atom is -0.463 e. The standard InChI is InChI=1S/C18H15P.C5H8O2/c1-4-10-16(11-5-1)19(17-12-6-2-7-13-17)18-14-8-3-9-15-18;1-3-5(6)7-4-2/h1-15H;3H,1,4H2,2H3/p+1. The summed E-state index contributed by atoms with van der Waals surface area (Å²) in [6.45, 7) is 5.38. The molecule has 0 aliphatic rings. The highest BCUT2D eigenvalue weighted by Gasteiger charge is 2.24. The van der Waals surface area contributed by atoms with Crippen LogP contribution in [0.1, 0.15) is 6.92 Å². The van der Waals surface area contributed by atoms with E-state index in [-0.39, 0.29) is 5.97 Å². The summed E-state index contributed by atoms with van der Waals surface area (Å²) in [4.78, 5) is 10.1. The van der Waals surface area contributed by atoms with Crippen LogP contribution in [-0.2, 0) is 9.53 Å². The van der Waals surface area contributed by atoms with Crippen molar-refractivity contribution >= 4 is 29.8 Å². The number of hydrogen-bond donors (Lipinski definition) is 0. The quantitative estimate of drug-likeness (QED) is 0.390. The van der Waals surface area contributed by atoms with Crippen LogP contribution in [0.3, 0.4) is 0 Å². The van der Waals surface area contributed by atoms with Crippen LogP contribution in [0.15, 0.2) is 104 Å². The van der Waals surface area contributed by atoms with Crippen LogP contribution < -0.4 is 15.9 Å². The predicted octanol–water partition coefficient (Wildman–Crippen LogP) is 3.91. The van der Waals surface area contributed by atoms with Crippen molar-refractivity contribution in [3.63, 3.8) is 0 Å². The number of esters is 1. The number of hydrogen-bond acceptors (Lipinski definition) is 2. The smallest absolute Gasteiger partial charge is 0.330 e. The van der Waals surface area contributed by atoms with Crippen LogP contribution in [0.25, 0.3) is 0 Å². The van der Waals surface area contributed by atoms with Gasteiger partial charge in [0.25, 0.3) is 0 Å². The van der Waals surface area contributed by atoms with Gasteiger partial charge in [0.05, 0.1) is 14.5 Å². The molecule has 0 saturated heterocycles. The van der Waals surface area contributed by atoms with E-state index in [0.717, 1.165) is 6.08 Å². The molecule has 0 aliphatic carbocycles. The van der Waals surface area contributed by atoms with E-state index in [2.05, 4.69) is 102 Å². The Balaban J connectivity index is 0.000000298. The summed E-state index contributed by atoms with van der Waals surface area (Å²) in [6.07, 6.45) is 1.14. The third-order valence-electron chi connectivity index (χ3n) is 3.64. The first-order valence-electron chi connectivity index (χ1n) is 8.58. The summed E-state index contributed by atoms with van der Waals surface area (Å²) in [5, 5.41) is 4.31. The molecule has 3 aromatic rings. The van der Waals surface area contributed by atoms with Crippen LogP contribution in [0.2, 0.25) is 0 Å². The topological polar surface area (TPSA) is 26.3 Å². The van der Waals surface area contributed by atoms with Gasteiger partial charge in [-0.15, -0.1) is 0 Å². The van der Waals surface area contributed by atoms with E-state index < -0.39 is 7.92 Å². The van der Waals surface area contributed by atoms with Gasteiger partial charge < -0.3 is 4.74 Å². The Morgan fingerprint density at radius 3 is 1.38 bits per heavy atom. The number of rotatable bonds is 5. The first-order valence-corrected chi connectivity index (χ1v) is 10.1. The van der Waals surface area contributed by atoms with Crippen LogP contribution in [0, 0.1) is 0 Å². The van der Waals surface area contributed by atoms with Gasteiger partial charge in [0.2, 0.25) is 0 Å². The van der Waals surface area contributed by atoms with Crippen molar-refractivity contribution in [1.29, 1.82) is 0 Å². The van der Waals surface area contributed by atoms with Gasteiger partial charge in [0, 0.05) is 6.08 Å². The second-order valence-corrected chi connectivity index (χ2v) is 7.91. The summed E-state index contributed by atoms with van der Waals surface area (Å²) in [5.74, 6) is -0.359. The maximum absolute atomic E-state index is 10.1. The van der Waals surface area contributed by atoms with Gasteiger partial charge in [-0.25, -0.2) is 4.79 Å². The Bertz CT molecular complexity index is 692. The molecule has 2 nitrogen and oxygen atoms in total.